The second-order valence-electron chi connectivity index (χ2n) is 2.13. The molecule has 5 nitrogen and oxygen atoms in total. The van der Waals surface area contributed by atoms with Gasteiger partial charge in [0.05, 0.1) is 7.11 Å². The lowest BCUT2D eigenvalue weighted by molar-refractivity contribution is -0.167. The molecule has 0 amide bonds. The minimum Gasteiger partial charge on any atom is -0.466 e. The van der Waals surface area contributed by atoms with E-state index in [0.29, 0.717) is 0 Å². The molecule has 1 atom stereocenters. The number of hydrogen-bond acceptors (Lipinski definition) is 5. The predicted molar refractivity (Wildman–Crippen MR) is 38.3 cm³/mol. The van der Waals surface area contributed by atoms with Gasteiger partial charge >= 0.3 is 11.9 Å². The van der Waals surface area contributed by atoms with E-state index in [0.717, 1.165) is 6.92 Å². The zero-order valence-corrected chi connectivity index (χ0v) is 7.12. The summed E-state index contributed by atoms with van der Waals surface area (Å²) in [6.45, 7) is 2.39. The van der Waals surface area contributed by atoms with Crippen molar-refractivity contribution in [2.24, 2.45) is 0 Å². The van der Waals surface area contributed by atoms with Crippen LogP contribution in [-0.2, 0) is 23.9 Å². The van der Waals surface area contributed by atoms with Crippen LogP contribution in [0.25, 0.3) is 0 Å². The van der Waals surface area contributed by atoms with Crippen LogP contribution in [-0.4, -0.2) is 30.9 Å². The fourth-order valence-corrected chi connectivity index (χ4v) is 0.458. The Morgan fingerprint density at radius 3 is 2.08 bits per heavy atom. The van der Waals surface area contributed by atoms with Gasteiger partial charge in [-0.15, -0.1) is 0 Å². The third kappa shape index (κ3) is 3.14. The summed E-state index contributed by atoms with van der Waals surface area (Å²) in [5.41, 5.74) is 0. The number of carbonyl (C=O) groups excluding carboxylic acids is 3. The van der Waals surface area contributed by atoms with Crippen molar-refractivity contribution >= 4 is 17.7 Å². The number of ether oxygens (including phenoxy) is 2. The number of Topliss-reactive ketones (excluding diaryl/α,β-unsaturated/α-hetero) is 1. The molecule has 0 N–H and O–H groups in total. The number of hydrogen-bond donors (Lipinski definition) is 0. The molecule has 68 valence electrons. The van der Waals surface area contributed by atoms with Gasteiger partial charge in [0.2, 0.25) is 5.78 Å². The SMILES string of the molecule is COC(=O)C(C)OC(=O)C(C)=O. The van der Waals surface area contributed by atoms with Gasteiger partial charge in [-0.05, 0) is 6.92 Å². The van der Waals surface area contributed by atoms with Crippen molar-refractivity contribution in [2.75, 3.05) is 7.11 Å². The highest BCUT2D eigenvalue weighted by molar-refractivity contribution is 6.32. The Bertz CT molecular complexity index is 208. The van der Waals surface area contributed by atoms with Gasteiger partial charge in [0.25, 0.3) is 0 Å². The van der Waals surface area contributed by atoms with Crippen LogP contribution < -0.4 is 0 Å². The van der Waals surface area contributed by atoms with E-state index < -0.39 is 23.8 Å². The summed E-state index contributed by atoms with van der Waals surface area (Å²) in [7, 11) is 1.17. The predicted octanol–water partition coefficient (Wildman–Crippen LogP) is -0.320. The van der Waals surface area contributed by atoms with Gasteiger partial charge in [-0.25, -0.2) is 9.59 Å². The lowest BCUT2D eigenvalue weighted by Gasteiger charge is -2.08. The molecule has 0 spiro atoms. The Morgan fingerprint density at radius 2 is 1.75 bits per heavy atom. The Kier molecular flexibility index (Phi) is 3.96. The topological polar surface area (TPSA) is 69.7 Å². The molecule has 0 bridgehead atoms. The highest BCUT2D eigenvalue weighted by Gasteiger charge is 2.20. The van der Waals surface area contributed by atoms with Gasteiger partial charge in [-0.2, -0.15) is 0 Å². The third-order valence-electron chi connectivity index (χ3n) is 1.10. The summed E-state index contributed by atoms with van der Waals surface area (Å²) in [6, 6.07) is 0. The Labute approximate surface area is 69.6 Å². The first-order valence-electron chi connectivity index (χ1n) is 3.28. The largest absolute Gasteiger partial charge is 0.466 e. The van der Waals surface area contributed by atoms with Gasteiger partial charge in [-0.3, -0.25) is 4.79 Å². The van der Waals surface area contributed by atoms with Crippen LogP contribution in [0.15, 0.2) is 0 Å². The van der Waals surface area contributed by atoms with E-state index in [1.165, 1.54) is 14.0 Å². The molecule has 0 rings (SSSR count). The van der Waals surface area contributed by atoms with Gasteiger partial charge in [0, 0.05) is 6.92 Å². The number of esters is 2. The van der Waals surface area contributed by atoms with Crippen molar-refractivity contribution in [3.63, 3.8) is 0 Å². The molecule has 0 saturated heterocycles. The minimum absolute atomic E-state index is 0.690. The van der Waals surface area contributed by atoms with Crippen molar-refractivity contribution in [3.05, 3.63) is 0 Å². The Morgan fingerprint density at radius 1 is 1.25 bits per heavy atom. The van der Waals surface area contributed by atoms with Crippen molar-refractivity contribution in [1.29, 1.82) is 0 Å². The zero-order chi connectivity index (χ0) is 9.72. The molecule has 5 heteroatoms. The highest BCUT2D eigenvalue weighted by atomic mass is 16.6. The average Bonchev–Trinajstić information content (AvgIpc) is 2.02. The number of carbonyl (C=O) groups is 3. The second-order valence-corrected chi connectivity index (χ2v) is 2.13. The summed E-state index contributed by atoms with van der Waals surface area (Å²) in [6.07, 6.45) is -1.04. The molecule has 1 unspecified atom stereocenters. The van der Waals surface area contributed by atoms with Crippen molar-refractivity contribution in [1.82, 2.24) is 0 Å². The molecule has 0 fully saturated rings. The zero-order valence-electron chi connectivity index (χ0n) is 7.12. The summed E-state index contributed by atoms with van der Waals surface area (Å²) in [5, 5.41) is 0. The van der Waals surface area contributed by atoms with Crippen LogP contribution in [0.3, 0.4) is 0 Å². The highest BCUT2D eigenvalue weighted by Crippen LogP contribution is 1.94. The Hall–Kier alpha value is -1.39. The van der Waals surface area contributed by atoms with E-state index in [1.54, 1.807) is 0 Å². The molecule has 0 aromatic rings. The van der Waals surface area contributed by atoms with E-state index in [9.17, 15) is 14.4 Å². The number of rotatable bonds is 3. The fourth-order valence-electron chi connectivity index (χ4n) is 0.458. The molecule has 0 aliphatic heterocycles. The summed E-state index contributed by atoms with van der Waals surface area (Å²) in [5.74, 6) is -2.47. The van der Waals surface area contributed by atoms with Crippen LogP contribution in [0.2, 0.25) is 0 Å². The van der Waals surface area contributed by atoms with E-state index >= 15 is 0 Å². The molecular formula is C7H10O5. The first kappa shape index (κ1) is 10.6. The second kappa shape index (κ2) is 4.48. The maximum Gasteiger partial charge on any atom is 0.375 e. The van der Waals surface area contributed by atoms with Gasteiger partial charge in [0.1, 0.15) is 0 Å². The minimum atomic E-state index is -1.04. The number of ketones is 1. The maximum atomic E-state index is 10.7. The van der Waals surface area contributed by atoms with Crippen LogP contribution in [0, 0.1) is 0 Å². The third-order valence-corrected chi connectivity index (χ3v) is 1.10. The average molecular weight is 174 g/mol. The summed E-state index contributed by atoms with van der Waals surface area (Å²) < 4.78 is 8.67. The molecule has 0 saturated carbocycles. The van der Waals surface area contributed by atoms with E-state index in [1.807, 2.05) is 0 Å². The molecule has 0 heterocycles. The quantitative estimate of drug-likeness (QED) is 0.433. The number of methoxy groups -OCH3 is 1. The van der Waals surface area contributed by atoms with Crippen molar-refractivity contribution < 1.29 is 23.9 Å². The van der Waals surface area contributed by atoms with Gasteiger partial charge in [-0.1, -0.05) is 0 Å². The molecule has 12 heavy (non-hydrogen) atoms. The summed E-state index contributed by atoms with van der Waals surface area (Å²) >= 11 is 0. The molecule has 0 aliphatic rings. The van der Waals surface area contributed by atoms with Gasteiger partial charge in [0.15, 0.2) is 6.10 Å². The molecule has 0 aliphatic carbocycles. The van der Waals surface area contributed by atoms with Crippen LogP contribution in [0.1, 0.15) is 13.8 Å². The first-order valence-corrected chi connectivity index (χ1v) is 3.28. The van der Waals surface area contributed by atoms with Crippen molar-refractivity contribution in [2.45, 2.75) is 20.0 Å². The maximum absolute atomic E-state index is 10.7. The standard InChI is InChI=1S/C7H10O5/c1-4(8)6(9)12-5(2)7(10)11-3/h5H,1-3H3. The van der Waals surface area contributed by atoms with Gasteiger partial charge < -0.3 is 9.47 Å². The monoisotopic (exact) mass is 174 g/mol. The van der Waals surface area contributed by atoms with Crippen molar-refractivity contribution in [3.8, 4) is 0 Å². The first-order chi connectivity index (χ1) is 5.49. The molecular weight excluding hydrogens is 164 g/mol. The Balaban J connectivity index is 4.01. The van der Waals surface area contributed by atoms with E-state index in [2.05, 4.69) is 9.47 Å². The fraction of sp³-hybridized carbons (Fsp3) is 0.571. The molecule has 0 aromatic heterocycles. The van der Waals surface area contributed by atoms with Crippen LogP contribution in [0.5, 0.6) is 0 Å². The smallest absolute Gasteiger partial charge is 0.375 e. The molecule has 0 aromatic carbocycles. The van der Waals surface area contributed by atoms with E-state index in [4.69, 9.17) is 0 Å². The molecule has 0 radical (unpaired) electrons. The normalized spacial score (nSPS) is 11.6. The van der Waals surface area contributed by atoms with E-state index in [-0.39, 0.29) is 0 Å². The lowest BCUT2D eigenvalue weighted by Crippen LogP contribution is -2.28. The van der Waals surface area contributed by atoms with Crippen LogP contribution >= 0.6 is 0 Å². The van der Waals surface area contributed by atoms with Crippen LogP contribution in [0.4, 0.5) is 0 Å². The summed E-state index contributed by atoms with van der Waals surface area (Å²) in [4.78, 5) is 31.6. The lowest BCUT2D eigenvalue weighted by atomic mass is 10.4.